The molecule has 0 bridgehead atoms. The predicted molar refractivity (Wildman–Crippen MR) is 62.6 cm³/mol. The van der Waals surface area contributed by atoms with Gasteiger partial charge in [-0.05, 0) is 6.26 Å². The minimum atomic E-state index is -0.735. The molecule has 0 aliphatic heterocycles. The largest absolute Gasteiger partial charge is 0.394 e. The number of thioether (sulfide) groups is 2. The highest BCUT2D eigenvalue weighted by molar-refractivity contribution is 7.99. The summed E-state index contributed by atoms with van der Waals surface area (Å²) in [6, 6.07) is 1.63. The van der Waals surface area contributed by atoms with Crippen LogP contribution in [0.4, 0.5) is 0 Å². The average Bonchev–Trinajstić information content (AvgIpc) is 2.25. The molecule has 0 amide bonds. The van der Waals surface area contributed by atoms with Crippen LogP contribution in [0.15, 0.2) is 16.2 Å². The van der Waals surface area contributed by atoms with Gasteiger partial charge in [0.25, 0.3) is 0 Å². The molecule has 0 radical (unpaired) electrons. The Kier molecular flexibility index (Phi) is 5.70. The Balaban J connectivity index is 2.64. The molecule has 4 nitrogen and oxygen atoms in total. The third-order valence-corrected chi connectivity index (χ3v) is 3.27. The Bertz CT molecular complexity index is 328. The van der Waals surface area contributed by atoms with Crippen LogP contribution in [0.3, 0.4) is 0 Å². The summed E-state index contributed by atoms with van der Waals surface area (Å²) < 4.78 is 0. The van der Waals surface area contributed by atoms with E-state index < -0.39 is 6.10 Å². The first-order valence-corrected chi connectivity index (χ1v) is 6.75. The molecule has 84 valence electrons. The van der Waals surface area contributed by atoms with E-state index in [9.17, 15) is 0 Å². The minimum Gasteiger partial charge on any atom is -0.394 e. The quantitative estimate of drug-likeness (QED) is 0.476. The van der Waals surface area contributed by atoms with Gasteiger partial charge in [0, 0.05) is 11.8 Å². The number of rotatable bonds is 5. The normalized spacial score (nSPS) is 12.8. The van der Waals surface area contributed by atoms with Gasteiger partial charge in [-0.15, -0.1) is 11.8 Å². The van der Waals surface area contributed by atoms with Gasteiger partial charge < -0.3 is 10.2 Å². The van der Waals surface area contributed by atoms with Gasteiger partial charge in [0.2, 0.25) is 0 Å². The van der Waals surface area contributed by atoms with E-state index in [4.69, 9.17) is 21.8 Å². The maximum absolute atomic E-state index is 9.16. The molecule has 0 fully saturated rings. The second-order valence-electron chi connectivity index (χ2n) is 2.66. The second kappa shape index (κ2) is 6.55. The van der Waals surface area contributed by atoms with Crippen molar-refractivity contribution in [3.63, 3.8) is 0 Å². The highest BCUT2D eigenvalue weighted by Crippen LogP contribution is 2.22. The molecule has 0 aliphatic carbocycles. The summed E-state index contributed by atoms with van der Waals surface area (Å²) in [6.45, 7) is -0.249. The lowest BCUT2D eigenvalue weighted by Gasteiger charge is -2.06. The van der Waals surface area contributed by atoms with Crippen LogP contribution < -0.4 is 0 Å². The highest BCUT2D eigenvalue weighted by atomic mass is 35.5. The number of aliphatic hydroxyl groups excluding tert-OH is 2. The third-order valence-electron chi connectivity index (χ3n) is 1.47. The van der Waals surface area contributed by atoms with Crippen LogP contribution in [0.25, 0.3) is 0 Å². The van der Waals surface area contributed by atoms with E-state index in [1.807, 2.05) is 6.26 Å². The van der Waals surface area contributed by atoms with Crippen molar-refractivity contribution in [2.24, 2.45) is 0 Å². The molecule has 1 heterocycles. The lowest BCUT2D eigenvalue weighted by atomic mass is 10.4. The molecule has 0 spiro atoms. The molecule has 0 saturated heterocycles. The maximum atomic E-state index is 9.16. The molecule has 1 atom stereocenters. The molecule has 0 aliphatic rings. The zero-order valence-corrected chi connectivity index (χ0v) is 10.4. The Morgan fingerprint density at radius 2 is 2.27 bits per heavy atom. The van der Waals surface area contributed by atoms with Crippen LogP contribution in [-0.2, 0) is 0 Å². The van der Waals surface area contributed by atoms with E-state index in [1.54, 1.807) is 6.07 Å². The third kappa shape index (κ3) is 4.56. The van der Waals surface area contributed by atoms with Gasteiger partial charge in [-0.2, -0.15) is 0 Å². The first kappa shape index (κ1) is 13.1. The second-order valence-corrected chi connectivity index (χ2v) is 4.86. The molecule has 0 saturated carbocycles. The topological polar surface area (TPSA) is 66.2 Å². The molecule has 1 aromatic rings. The molecule has 0 aromatic carbocycles. The van der Waals surface area contributed by atoms with Crippen molar-refractivity contribution >= 4 is 35.1 Å². The zero-order chi connectivity index (χ0) is 11.3. The van der Waals surface area contributed by atoms with E-state index in [-0.39, 0.29) is 6.61 Å². The first-order chi connectivity index (χ1) is 7.15. The summed E-state index contributed by atoms with van der Waals surface area (Å²) in [5, 5.41) is 19.5. The number of aromatic nitrogens is 2. The standard InChI is InChI=1S/C8H11ClN2O2S2/c1-14-8-10-6(9)2-7(11-8)15-4-5(13)3-12/h2,5,12-13H,3-4H2,1H3. The fraction of sp³-hybridized carbons (Fsp3) is 0.500. The Hall–Kier alpha value is -0.0100. The molecule has 7 heteroatoms. The number of halogens is 1. The fourth-order valence-electron chi connectivity index (χ4n) is 0.777. The molecule has 1 unspecified atom stereocenters. The number of nitrogens with zero attached hydrogens (tertiary/aromatic N) is 2. The van der Waals surface area contributed by atoms with E-state index in [2.05, 4.69) is 9.97 Å². The maximum Gasteiger partial charge on any atom is 0.189 e. The zero-order valence-electron chi connectivity index (χ0n) is 8.05. The van der Waals surface area contributed by atoms with Crippen molar-refractivity contribution in [1.29, 1.82) is 0 Å². The van der Waals surface area contributed by atoms with E-state index in [0.29, 0.717) is 21.1 Å². The molecule has 1 rings (SSSR count). The monoisotopic (exact) mass is 266 g/mol. The Morgan fingerprint density at radius 1 is 1.53 bits per heavy atom. The summed E-state index contributed by atoms with van der Waals surface area (Å²) in [5.74, 6) is 0.387. The van der Waals surface area contributed by atoms with Crippen molar-refractivity contribution in [3.05, 3.63) is 11.2 Å². The summed E-state index contributed by atoms with van der Waals surface area (Å²) in [4.78, 5) is 8.19. The van der Waals surface area contributed by atoms with E-state index in [0.717, 1.165) is 0 Å². The molecule has 1 aromatic heterocycles. The van der Waals surface area contributed by atoms with Crippen LogP contribution in [0.5, 0.6) is 0 Å². The van der Waals surface area contributed by atoms with Crippen molar-refractivity contribution in [1.82, 2.24) is 9.97 Å². The average molecular weight is 267 g/mol. The van der Waals surface area contributed by atoms with Gasteiger partial charge in [0.15, 0.2) is 5.16 Å². The Labute approximate surface area is 101 Å². The number of aliphatic hydroxyl groups is 2. The molecule has 15 heavy (non-hydrogen) atoms. The summed E-state index contributed by atoms with van der Waals surface area (Å²) >= 11 is 8.53. The van der Waals surface area contributed by atoms with Gasteiger partial charge in [-0.1, -0.05) is 23.4 Å². The van der Waals surface area contributed by atoms with Crippen LogP contribution in [0.2, 0.25) is 5.15 Å². The van der Waals surface area contributed by atoms with Crippen LogP contribution in [0, 0.1) is 0 Å². The van der Waals surface area contributed by atoms with E-state index in [1.165, 1.54) is 23.5 Å². The van der Waals surface area contributed by atoms with Crippen LogP contribution in [0.1, 0.15) is 0 Å². The predicted octanol–water partition coefficient (Wildman–Crippen LogP) is 1.30. The van der Waals surface area contributed by atoms with E-state index >= 15 is 0 Å². The number of hydrogen-bond donors (Lipinski definition) is 2. The lowest BCUT2D eigenvalue weighted by molar-refractivity contribution is 0.113. The van der Waals surface area contributed by atoms with Crippen LogP contribution >= 0.6 is 35.1 Å². The van der Waals surface area contributed by atoms with Gasteiger partial charge in [-0.25, -0.2) is 9.97 Å². The molecule has 2 N–H and O–H groups in total. The first-order valence-electron chi connectivity index (χ1n) is 4.16. The van der Waals surface area contributed by atoms with Crippen molar-refractivity contribution < 1.29 is 10.2 Å². The van der Waals surface area contributed by atoms with Crippen LogP contribution in [-0.4, -0.2) is 44.9 Å². The molecular formula is C8H11ClN2O2S2. The summed E-state index contributed by atoms with van der Waals surface area (Å²) in [7, 11) is 0. The lowest BCUT2D eigenvalue weighted by Crippen LogP contribution is -2.14. The SMILES string of the molecule is CSc1nc(Cl)cc(SCC(O)CO)n1. The summed E-state index contributed by atoms with van der Waals surface area (Å²) in [5.41, 5.74) is 0. The van der Waals surface area contributed by atoms with Gasteiger partial charge in [-0.3, -0.25) is 0 Å². The van der Waals surface area contributed by atoms with Crippen molar-refractivity contribution in [3.8, 4) is 0 Å². The van der Waals surface area contributed by atoms with Gasteiger partial charge in [0.05, 0.1) is 12.7 Å². The minimum absolute atomic E-state index is 0.249. The van der Waals surface area contributed by atoms with Crippen molar-refractivity contribution in [2.75, 3.05) is 18.6 Å². The Morgan fingerprint density at radius 3 is 2.87 bits per heavy atom. The van der Waals surface area contributed by atoms with Crippen molar-refractivity contribution in [2.45, 2.75) is 16.3 Å². The highest BCUT2D eigenvalue weighted by Gasteiger charge is 2.06. The smallest absolute Gasteiger partial charge is 0.189 e. The summed E-state index contributed by atoms with van der Waals surface area (Å²) in [6.07, 6.45) is 1.13. The van der Waals surface area contributed by atoms with Gasteiger partial charge in [0.1, 0.15) is 10.2 Å². The van der Waals surface area contributed by atoms with Gasteiger partial charge >= 0.3 is 0 Å². The molecular weight excluding hydrogens is 256 g/mol. The fourth-order valence-corrected chi connectivity index (χ4v) is 2.33. The number of hydrogen-bond acceptors (Lipinski definition) is 6.